The number of ketones is 1. The molecule has 0 aromatic heterocycles. The van der Waals surface area contributed by atoms with Crippen LogP contribution in [0.4, 0.5) is 0 Å². The van der Waals surface area contributed by atoms with Crippen molar-refractivity contribution in [2.75, 3.05) is 13.2 Å². The average molecular weight is 491 g/mol. The molecule has 0 saturated carbocycles. The number of esters is 1. The Morgan fingerprint density at radius 1 is 1.06 bits per heavy atom. The second-order valence-electron chi connectivity index (χ2n) is 11.5. The number of carbonyl (C=O) groups is 2. The molecule has 1 aliphatic heterocycles. The molecule has 2 N–H and O–H groups in total. The molecule has 0 radical (unpaired) electrons. The molecule has 3 rings (SSSR count). The molecule has 1 heterocycles. The molecular formula is C30H38N2O4. The van der Waals surface area contributed by atoms with E-state index in [9.17, 15) is 14.7 Å². The Balaban J connectivity index is 1.87. The normalized spacial score (nSPS) is 14.2. The molecule has 2 aromatic rings. The maximum Gasteiger partial charge on any atom is 0.333 e. The molecular weight excluding hydrogens is 452 g/mol. The molecule has 0 amide bonds. The van der Waals surface area contributed by atoms with E-state index < -0.39 is 0 Å². The monoisotopic (exact) mass is 490 g/mol. The minimum atomic E-state index is -0.363. The van der Waals surface area contributed by atoms with E-state index in [0.29, 0.717) is 24.3 Å². The number of amidine groups is 1. The highest BCUT2D eigenvalue weighted by atomic mass is 16.5. The second kappa shape index (κ2) is 9.92. The molecule has 0 atom stereocenters. The molecule has 0 unspecified atom stereocenters. The molecule has 0 saturated heterocycles. The number of hydrogen-bond acceptors (Lipinski definition) is 5. The van der Waals surface area contributed by atoms with Crippen molar-refractivity contribution in [3.8, 4) is 5.75 Å². The highest BCUT2D eigenvalue weighted by Gasteiger charge is 2.30. The molecule has 36 heavy (non-hydrogen) atoms. The Bertz CT molecular complexity index is 1210. The second-order valence-corrected chi connectivity index (χ2v) is 11.5. The highest BCUT2D eigenvalue weighted by molar-refractivity contribution is 6.06. The summed E-state index contributed by atoms with van der Waals surface area (Å²) < 4.78 is 5.05. The Morgan fingerprint density at radius 3 is 2.17 bits per heavy atom. The predicted octanol–water partition coefficient (Wildman–Crippen LogP) is 5.98. The molecule has 0 spiro atoms. The SMILES string of the molecule is CCOC(=O)/C(C)=C/c1ccc2c(c1)C(=N)N(CC(=O)c1cc(C(C)(C)C)c(O)c(C(C)(C)C)c1)C2. The van der Waals surface area contributed by atoms with Crippen LogP contribution >= 0.6 is 0 Å². The number of benzene rings is 2. The molecule has 0 bridgehead atoms. The van der Waals surface area contributed by atoms with E-state index in [0.717, 1.165) is 27.8 Å². The Labute approximate surface area is 214 Å². The highest BCUT2D eigenvalue weighted by Crippen LogP contribution is 2.40. The van der Waals surface area contributed by atoms with Gasteiger partial charge in [0.05, 0.1) is 13.2 Å². The van der Waals surface area contributed by atoms with Gasteiger partial charge in [0.25, 0.3) is 0 Å². The van der Waals surface area contributed by atoms with Crippen molar-refractivity contribution in [1.29, 1.82) is 5.41 Å². The number of aromatic hydroxyl groups is 1. The summed E-state index contributed by atoms with van der Waals surface area (Å²) in [5.74, 6) is 0.0695. The van der Waals surface area contributed by atoms with Crippen molar-refractivity contribution in [2.45, 2.75) is 72.8 Å². The van der Waals surface area contributed by atoms with E-state index in [2.05, 4.69) is 0 Å². The van der Waals surface area contributed by atoms with Crippen molar-refractivity contribution in [3.05, 3.63) is 69.3 Å². The molecule has 1 aliphatic rings. The van der Waals surface area contributed by atoms with Gasteiger partial charge in [-0.05, 0) is 60.1 Å². The summed E-state index contributed by atoms with van der Waals surface area (Å²) in [6.45, 7) is 16.4. The Hall–Kier alpha value is -3.41. The first-order chi connectivity index (χ1) is 16.6. The van der Waals surface area contributed by atoms with Gasteiger partial charge >= 0.3 is 5.97 Å². The number of Topliss-reactive ketones (excluding diaryl/α,β-unsaturated/α-hetero) is 1. The van der Waals surface area contributed by atoms with Crippen LogP contribution in [0.2, 0.25) is 0 Å². The zero-order valence-corrected chi connectivity index (χ0v) is 22.7. The van der Waals surface area contributed by atoms with Crippen LogP contribution in [0.3, 0.4) is 0 Å². The topological polar surface area (TPSA) is 90.7 Å². The van der Waals surface area contributed by atoms with Gasteiger partial charge < -0.3 is 14.7 Å². The van der Waals surface area contributed by atoms with Gasteiger partial charge in [-0.15, -0.1) is 0 Å². The quantitative estimate of drug-likeness (QED) is 0.295. The fourth-order valence-corrected chi connectivity index (χ4v) is 4.39. The Kier molecular flexibility index (Phi) is 7.49. The number of fused-ring (bicyclic) bond motifs is 1. The van der Waals surface area contributed by atoms with Crippen LogP contribution in [0.25, 0.3) is 6.08 Å². The minimum absolute atomic E-state index is 0.0679. The fourth-order valence-electron chi connectivity index (χ4n) is 4.39. The van der Waals surface area contributed by atoms with Crippen molar-refractivity contribution in [1.82, 2.24) is 4.90 Å². The lowest BCUT2D eigenvalue weighted by molar-refractivity contribution is -0.138. The third-order valence-electron chi connectivity index (χ3n) is 6.43. The van der Waals surface area contributed by atoms with Crippen LogP contribution in [0, 0.1) is 5.41 Å². The van der Waals surface area contributed by atoms with E-state index in [-0.39, 0.29) is 40.7 Å². The van der Waals surface area contributed by atoms with E-state index in [1.165, 1.54) is 0 Å². The summed E-state index contributed by atoms with van der Waals surface area (Å²) in [5, 5.41) is 19.7. The zero-order valence-electron chi connectivity index (χ0n) is 22.7. The van der Waals surface area contributed by atoms with Crippen LogP contribution in [0.5, 0.6) is 5.75 Å². The van der Waals surface area contributed by atoms with E-state index in [1.807, 2.05) is 59.7 Å². The van der Waals surface area contributed by atoms with Gasteiger partial charge in [-0.3, -0.25) is 10.2 Å². The summed E-state index contributed by atoms with van der Waals surface area (Å²) >= 11 is 0. The van der Waals surface area contributed by atoms with Crippen LogP contribution in [-0.2, 0) is 26.9 Å². The van der Waals surface area contributed by atoms with Gasteiger partial charge in [-0.2, -0.15) is 0 Å². The third-order valence-corrected chi connectivity index (χ3v) is 6.43. The lowest BCUT2D eigenvalue weighted by atomic mass is 9.78. The van der Waals surface area contributed by atoms with Gasteiger partial charge in [0.1, 0.15) is 11.6 Å². The van der Waals surface area contributed by atoms with Gasteiger partial charge in [0.2, 0.25) is 0 Å². The Morgan fingerprint density at radius 2 is 1.64 bits per heavy atom. The predicted molar refractivity (Wildman–Crippen MR) is 144 cm³/mol. The smallest absolute Gasteiger partial charge is 0.333 e. The van der Waals surface area contributed by atoms with Crippen LogP contribution in [0.1, 0.15) is 93.6 Å². The van der Waals surface area contributed by atoms with Gasteiger partial charge in [-0.25, -0.2) is 4.79 Å². The molecule has 0 fully saturated rings. The number of ether oxygens (including phenoxy) is 1. The number of carbonyl (C=O) groups excluding carboxylic acids is 2. The molecule has 6 heteroatoms. The summed E-state index contributed by atoms with van der Waals surface area (Å²) in [4.78, 5) is 27.2. The van der Waals surface area contributed by atoms with Gasteiger partial charge in [0.15, 0.2) is 5.78 Å². The maximum absolute atomic E-state index is 13.4. The van der Waals surface area contributed by atoms with Crippen molar-refractivity contribution >= 4 is 23.7 Å². The first kappa shape index (κ1) is 27.2. The molecule has 2 aromatic carbocycles. The van der Waals surface area contributed by atoms with E-state index in [1.54, 1.807) is 37.0 Å². The summed E-state index contributed by atoms with van der Waals surface area (Å²) in [5.41, 5.74) is 4.38. The minimum Gasteiger partial charge on any atom is -0.507 e. The number of nitrogens with zero attached hydrogens (tertiary/aromatic N) is 1. The van der Waals surface area contributed by atoms with Crippen molar-refractivity contribution in [2.24, 2.45) is 0 Å². The third kappa shape index (κ3) is 5.69. The van der Waals surface area contributed by atoms with Gasteiger partial charge in [-0.1, -0.05) is 53.7 Å². The summed E-state index contributed by atoms with van der Waals surface area (Å²) in [7, 11) is 0. The summed E-state index contributed by atoms with van der Waals surface area (Å²) in [6, 6.07) is 9.31. The standard InChI is InChI=1S/C30H38N2O4/c1-9-36-28(35)18(2)12-19-10-11-20-16-32(27(31)22(20)13-19)17-25(33)21-14-23(29(3,4)5)26(34)24(15-21)30(6,7)8/h10-15,31,34H,9,16-17H2,1-8H3/b18-12+,31-27?. The average Bonchev–Trinajstić information content (AvgIpc) is 3.07. The molecule has 6 nitrogen and oxygen atoms in total. The van der Waals surface area contributed by atoms with Crippen LogP contribution in [-0.4, -0.2) is 40.7 Å². The first-order valence-electron chi connectivity index (χ1n) is 12.4. The first-order valence-corrected chi connectivity index (χ1v) is 12.4. The van der Waals surface area contributed by atoms with E-state index in [4.69, 9.17) is 10.1 Å². The van der Waals surface area contributed by atoms with E-state index >= 15 is 0 Å². The number of phenolic OH excluding ortho intramolecular Hbond substituents is 1. The van der Waals surface area contributed by atoms with Crippen molar-refractivity contribution in [3.63, 3.8) is 0 Å². The largest absolute Gasteiger partial charge is 0.507 e. The van der Waals surface area contributed by atoms with Crippen LogP contribution in [0.15, 0.2) is 35.9 Å². The molecule has 0 aliphatic carbocycles. The van der Waals surface area contributed by atoms with Gasteiger partial charge in [0, 0.05) is 34.4 Å². The lowest BCUT2D eigenvalue weighted by Crippen LogP contribution is -2.30. The lowest BCUT2D eigenvalue weighted by Gasteiger charge is -2.28. The fraction of sp³-hybridized carbons (Fsp3) is 0.433. The number of nitrogens with one attached hydrogen (secondary N) is 1. The molecule has 192 valence electrons. The summed E-state index contributed by atoms with van der Waals surface area (Å²) in [6.07, 6.45) is 1.75. The zero-order chi connectivity index (χ0) is 27.0. The van der Waals surface area contributed by atoms with Crippen molar-refractivity contribution < 1.29 is 19.4 Å². The number of rotatable bonds is 6. The number of phenols is 1. The number of hydrogen-bond donors (Lipinski definition) is 2. The maximum atomic E-state index is 13.4. The van der Waals surface area contributed by atoms with Crippen LogP contribution < -0.4 is 0 Å².